The highest BCUT2D eigenvalue weighted by atomic mass is 16.2. The summed E-state index contributed by atoms with van der Waals surface area (Å²) in [6.07, 6.45) is 1.63. The number of rotatable bonds is 7. The number of benzene rings is 1. The Morgan fingerprint density at radius 1 is 1.19 bits per heavy atom. The van der Waals surface area contributed by atoms with Crippen molar-refractivity contribution in [3.63, 3.8) is 0 Å². The fourth-order valence-corrected chi connectivity index (χ4v) is 2.67. The first-order valence-electron chi connectivity index (χ1n) is 9.07. The third-order valence-corrected chi connectivity index (χ3v) is 4.24. The predicted octanol–water partition coefficient (Wildman–Crippen LogP) is 0.952. The number of nitrogens with zero attached hydrogens (tertiary/aromatic N) is 3. The van der Waals surface area contributed by atoms with Crippen molar-refractivity contribution in [1.29, 1.82) is 0 Å². The molecule has 2 rings (SSSR count). The van der Waals surface area contributed by atoms with Crippen LogP contribution < -0.4 is 10.6 Å². The lowest BCUT2D eigenvalue weighted by Crippen LogP contribution is -2.42. The van der Waals surface area contributed by atoms with E-state index in [2.05, 4.69) is 15.6 Å². The minimum Gasteiger partial charge on any atom is -0.357 e. The molecule has 0 radical (unpaired) electrons. The minimum absolute atomic E-state index is 0.00332. The average Bonchev–Trinajstić information content (AvgIpc) is 3.03. The van der Waals surface area contributed by atoms with Gasteiger partial charge >= 0.3 is 0 Å². The van der Waals surface area contributed by atoms with E-state index in [1.165, 1.54) is 0 Å². The molecule has 0 saturated carbocycles. The number of carbonyl (C=O) groups is 2. The number of likely N-dealkylation sites (N-methyl/N-ethyl adjacent to an activating group) is 1. The lowest BCUT2D eigenvalue weighted by Gasteiger charge is -2.15. The van der Waals surface area contributed by atoms with Crippen molar-refractivity contribution in [2.24, 2.45) is 4.99 Å². The van der Waals surface area contributed by atoms with Gasteiger partial charge in [-0.3, -0.25) is 9.59 Å². The molecule has 142 valence electrons. The number of likely N-dealkylation sites (tertiary alicyclic amines) is 1. The van der Waals surface area contributed by atoms with E-state index in [0.717, 1.165) is 30.6 Å². The van der Waals surface area contributed by atoms with Crippen LogP contribution in [0, 0.1) is 0 Å². The molecule has 1 aliphatic rings. The number of nitrogens with one attached hydrogen (secondary N) is 2. The second kappa shape index (κ2) is 9.79. The molecule has 0 aromatic heterocycles. The van der Waals surface area contributed by atoms with Crippen LogP contribution in [0.2, 0.25) is 0 Å². The fraction of sp³-hybridized carbons (Fsp3) is 0.526. The molecule has 0 unspecified atom stereocenters. The van der Waals surface area contributed by atoms with Crippen LogP contribution in [-0.2, 0) is 22.7 Å². The maximum atomic E-state index is 11.7. The van der Waals surface area contributed by atoms with Gasteiger partial charge in [-0.15, -0.1) is 0 Å². The zero-order chi connectivity index (χ0) is 18.9. The second-order valence-corrected chi connectivity index (χ2v) is 6.57. The maximum absolute atomic E-state index is 11.7. The number of aliphatic imine (C=N–C) groups is 1. The van der Waals surface area contributed by atoms with E-state index in [-0.39, 0.29) is 18.4 Å². The summed E-state index contributed by atoms with van der Waals surface area (Å²) in [5.74, 6) is 0.859. The third kappa shape index (κ3) is 6.06. The van der Waals surface area contributed by atoms with Gasteiger partial charge in [-0.25, -0.2) is 4.99 Å². The molecule has 1 heterocycles. The number of carbonyl (C=O) groups excluding carboxylic acids is 2. The molecule has 2 N–H and O–H groups in total. The molecule has 0 atom stereocenters. The molecule has 7 nitrogen and oxygen atoms in total. The predicted molar refractivity (Wildman–Crippen MR) is 103 cm³/mol. The van der Waals surface area contributed by atoms with Crippen molar-refractivity contribution in [2.45, 2.75) is 32.9 Å². The average molecular weight is 359 g/mol. The SMILES string of the molecule is CCNC(=NCc1ccc(CN2CCCC2=O)cc1)NCC(=O)N(C)C. The van der Waals surface area contributed by atoms with E-state index >= 15 is 0 Å². The van der Waals surface area contributed by atoms with Crippen molar-refractivity contribution in [2.75, 3.05) is 33.7 Å². The Bertz CT molecular complexity index is 640. The third-order valence-electron chi connectivity index (χ3n) is 4.24. The highest BCUT2D eigenvalue weighted by Gasteiger charge is 2.19. The molecule has 0 spiro atoms. The van der Waals surface area contributed by atoms with Crippen molar-refractivity contribution in [1.82, 2.24) is 20.4 Å². The summed E-state index contributed by atoms with van der Waals surface area (Å²) in [5, 5.41) is 6.18. The summed E-state index contributed by atoms with van der Waals surface area (Å²) >= 11 is 0. The fourth-order valence-electron chi connectivity index (χ4n) is 2.67. The van der Waals surface area contributed by atoms with Crippen LogP contribution >= 0.6 is 0 Å². The van der Waals surface area contributed by atoms with Crippen LogP contribution in [0.1, 0.15) is 30.9 Å². The molecular weight excluding hydrogens is 330 g/mol. The van der Waals surface area contributed by atoms with E-state index in [0.29, 0.717) is 25.5 Å². The molecule has 0 aliphatic carbocycles. The van der Waals surface area contributed by atoms with Gasteiger partial charge in [0.1, 0.15) is 0 Å². The lowest BCUT2D eigenvalue weighted by molar-refractivity contribution is -0.128. The monoisotopic (exact) mass is 359 g/mol. The summed E-state index contributed by atoms with van der Waals surface area (Å²) in [6, 6.07) is 8.17. The van der Waals surface area contributed by atoms with E-state index in [9.17, 15) is 9.59 Å². The first-order chi connectivity index (χ1) is 12.5. The molecule has 0 bridgehead atoms. The van der Waals surface area contributed by atoms with Crippen LogP contribution in [0.3, 0.4) is 0 Å². The zero-order valence-electron chi connectivity index (χ0n) is 15.9. The Hall–Kier alpha value is -2.57. The highest BCUT2D eigenvalue weighted by Crippen LogP contribution is 2.15. The topological polar surface area (TPSA) is 77.0 Å². The van der Waals surface area contributed by atoms with Crippen LogP contribution in [0.4, 0.5) is 0 Å². The largest absolute Gasteiger partial charge is 0.357 e. The minimum atomic E-state index is -0.00332. The molecular formula is C19H29N5O2. The smallest absolute Gasteiger partial charge is 0.241 e. The number of guanidine groups is 1. The van der Waals surface area contributed by atoms with Crippen molar-refractivity contribution in [3.05, 3.63) is 35.4 Å². The van der Waals surface area contributed by atoms with Gasteiger partial charge in [-0.2, -0.15) is 0 Å². The molecule has 1 aromatic rings. The van der Waals surface area contributed by atoms with Gasteiger partial charge in [-0.1, -0.05) is 24.3 Å². The van der Waals surface area contributed by atoms with Gasteiger partial charge in [0.25, 0.3) is 0 Å². The summed E-state index contributed by atoms with van der Waals surface area (Å²) in [6.45, 7) is 4.98. The van der Waals surface area contributed by atoms with Crippen LogP contribution in [0.15, 0.2) is 29.3 Å². The Labute approximate surface area is 155 Å². The summed E-state index contributed by atoms with van der Waals surface area (Å²) in [5.41, 5.74) is 2.22. The number of hydrogen-bond acceptors (Lipinski definition) is 3. The molecule has 26 heavy (non-hydrogen) atoms. The Balaban J connectivity index is 1.89. The molecule has 2 amide bonds. The van der Waals surface area contributed by atoms with Crippen LogP contribution in [0.25, 0.3) is 0 Å². The second-order valence-electron chi connectivity index (χ2n) is 6.57. The van der Waals surface area contributed by atoms with Crippen molar-refractivity contribution >= 4 is 17.8 Å². The standard InChI is InChI=1S/C19H29N5O2/c1-4-20-19(22-13-18(26)23(2)3)21-12-15-7-9-16(10-8-15)14-24-11-5-6-17(24)25/h7-10H,4-6,11-14H2,1-3H3,(H2,20,21,22). The van der Waals surface area contributed by atoms with E-state index in [1.54, 1.807) is 19.0 Å². The number of hydrogen-bond donors (Lipinski definition) is 2. The normalized spacial score (nSPS) is 14.5. The Kier molecular flexibility index (Phi) is 7.44. The maximum Gasteiger partial charge on any atom is 0.241 e. The zero-order valence-corrected chi connectivity index (χ0v) is 15.9. The van der Waals surface area contributed by atoms with Gasteiger partial charge in [0, 0.05) is 40.2 Å². The van der Waals surface area contributed by atoms with Gasteiger partial charge in [-0.05, 0) is 24.5 Å². The van der Waals surface area contributed by atoms with Crippen molar-refractivity contribution < 1.29 is 9.59 Å². The first-order valence-corrected chi connectivity index (χ1v) is 9.07. The van der Waals surface area contributed by atoms with Crippen molar-refractivity contribution in [3.8, 4) is 0 Å². The van der Waals surface area contributed by atoms with Crippen LogP contribution in [0.5, 0.6) is 0 Å². The van der Waals surface area contributed by atoms with E-state index < -0.39 is 0 Å². The summed E-state index contributed by atoms with van der Waals surface area (Å²) < 4.78 is 0. The lowest BCUT2D eigenvalue weighted by atomic mass is 10.1. The van der Waals surface area contributed by atoms with Gasteiger partial charge in [0.2, 0.25) is 11.8 Å². The molecule has 1 saturated heterocycles. The summed E-state index contributed by atoms with van der Waals surface area (Å²) in [7, 11) is 3.46. The van der Waals surface area contributed by atoms with E-state index in [1.807, 2.05) is 36.1 Å². The molecule has 7 heteroatoms. The number of amides is 2. The molecule has 1 aliphatic heterocycles. The first kappa shape index (κ1) is 19.8. The Morgan fingerprint density at radius 2 is 1.88 bits per heavy atom. The summed E-state index contributed by atoms with van der Waals surface area (Å²) in [4.78, 5) is 31.4. The molecule has 1 aromatic carbocycles. The van der Waals surface area contributed by atoms with Crippen LogP contribution in [-0.4, -0.2) is 61.3 Å². The quantitative estimate of drug-likeness (QED) is 0.561. The highest BCUT2D eigenvalue weighted by molar-refractivity contribution is 5.86. The van der Waals surface area contributed by atoms with E-state index in [4.69, 9.17) is 0 Å². The Morgan fingerprint density at radius 3 is 2.46 bits per heavy atom. The van der Waals surface area contributed by atoms with Gasteiger partial charge < -0.3 is 20.4 Å². The van der Waals surface area contributed by atoms with Gasteiger partial charge in [0.15, 0.2) is 5.96 Å². The van der Waals surface area contributed by atoms with Gasteiger partial charge in [0.05, 0.1) is 13.1 Å². The molecule has 1 fully saturated rings.